The molecule has 0 aliphatic heterocycles. The molecule has 2 N–H and O–H groups in total. The number of carbonyl (C=O) groups is 1. The quantitative estimate of drug-likeness (QED) is 0.170. The number of alkyl halides is 6. The molecule has 4 aromatic carbocycles. The van der Waals surface area contributed by atoms with Crippen molar-refractivity contribution in [3.8, 4) is 28.0 Å². The van der Waals surface area contributed by atoms with Crippen molar-refractivity contribution in [3.63, 3.8) is 0 Å². The zero-order chi connectivity index (χ0) is 33.4. The monoisotopic (exact) mass is 663 g/mol. The first-order chi connectivity index (χ1) is 21.6. The summed E-state index contributed by atoms with van der Waals surface area (Å²) in [5, 5.41) is 16.8. The van der Waals surface area contributed by atoms with Crippen molar-refractivity contribution in [2.24, 2.45) is 0 Å². The molecule has 0 spiro atoms. The second-order valence-corrected chi connectivity index (χ2v) is 10.7. The molecule has 5 rings (SSSR count). The zero-order valence-electron chi connectivity index (χ0n) is 23.5. The lowest BCUT2D eigenvalue weighted by Gasteiger charge is -2.17. The summed E-state index contributed by atoms with van der Waals surface area (Å²) in [6, 6.07) is 14.4. The van der Waals surface area contributed by atoms with E-state index in [-0.39, 0.29) is 34.8 Å². The Kier molecular flexibility index (Phi) is 8.81. The van der Waals surface area contributed by atoms with E-state index in [1.807, 2.05) is 0 Å². The molecular weight excluding hydrogens is 643 g/mol. The van der Waals surface area contributed by atoms with Crippen molar-refractivity contribution in [1.29, 1.82) is 0 Å². The number of amides is 1. The van der Waals surface area contributed by atoms with Gasteiger partial charge in [0.15, 0.2) is 5.82 Å². The van der Waals surface area contributed by atoms with E-state index in [1.165, 1.54) is 12.1 Å². The van der Waals surface area contributed by atoms with E-state index in [0.29, 0.717) is 23.3 Å². The third-order valence-corrected chi connectivity index (χ3v) is 7.25. The van der Waals surface area contributed by atoms with Crippen LogP contribution in [0.2, 0.25) is 5.02 Å². The van der Waals surface area contributed by atoms with Crippen LogP contribution in [0.5, 0.6) is 5.75 Å². The van der Waals surface area contributed by atoms with Crippen LogP contribution in [0.3, 0.4) is 0 Å². The molecule has 6 nitrogen and oxygen atoms in total. The Balaban J connectivity index is 1.44. The van der Waals surface area contributed by atoms with Gasteiger partial charge in [0.1, 0.15) is 17.6 Å². The number of rotatable bonds is 7. The summed E-state index contributed by atoms with van der Waals surface area (Å²) in [6.45, 7) is 1.55. The van der Waals surface area contributed by atoms with Crippen molar-refractivity contribution >= 4 is 17.5 Å². The van der Waals surface area contributed by atoms with Gasteiger partial charge in [-0.2, -0.15) is 31.3 Å². The lowest BCUT2D eigenvalue weighted by Crippen LogP contribution is -2.30. The van der Waals surface area contributed by atoms with Crippen LogP contribution in [0.15, 0.2) is 83.4 Å². The van der Waals surface area contributed by atoms with E-state index in [4.69, 9.17) is 16.1 Å². The Morgan fingerprint density at radius 3 is 2.00 bits per heavy atom. The van der Waals surface area contributed by atoms with Crippen molar-refractivity contribution in [2.75, 3.05) is 0 Å². The van der Waals surface area contributed by atoms with Gasteiger partial charge in [-0.05, 0) is 77.2 Å². The molecule has 1 amide bonds. The minimum atomic E-state index is -5.08. The maximum Gasteiger partial charge on any atom is 0.416 e. The largest absolute Gasteiger partial charge is 0.507 e. The number of halogens is 8. The number of aromatic hydroxyl groups is 1. The fourth-order valence-electron chi connectivity index (χ4n) is 4.65. The minimum Gasteiger partial charge on any atom is -0.507 e. The first-order valence-corrected chi connectivity index (χ1v) is 13.7. The highest BCUT2D eigenvalue weighted by molar-refractivity contribution is 6.31. The van der Waals surface area contributed by atoms with Crippen LogP contribution in [0, 0.1) is 12.7 Å². The van der Waals surface area contributed by atoms with Crippen LogP contribution in [0.4, 0.5) is 30.7 Å². The third kappa shape index (κ3) is 7.31. The fraction of sp³-hybridized carbons (Fsp3) is 0.156. The number of phenolic OH excluding ortho intramolecular Hbond substituents is 1. The number of carbonyl (C=O) groups excluding carboxylic acids is 1. The standard InChI is InChI=1S/C32H21ClF7N3O3/c1-16-41-30(46-43-16)27(10-17-2-4-18(5-3-17)20-6-8-26(34)25(33)14-20)42-29(45)24-13-19(7-9-28(24)44)21-11-22(31(35,36)37)15-23(12-21)32(38,39)40/h2-9,11-15,27,44H,10H2,1H3,(H,42,45)/t27-/m1/s1. The normalized spacial score (nSPS) is 12.6. The second kappa shape index (κ2) is 12.5. The molecule has 0 saturated carbocycles. The fourth-order valence-corrected chi connectivity index (χ4v) is 4.84. The molecule has 14 heteroatoms. The highest BCUT2D eigenvalue weighted by atomic mass is 35.5. The van der Waals surface area contributed by atoms with Gasteiger partial charge in [0.25, 0.3) is 5.91 Å². The predicted molar refractivity (Wildman–Crippen MR) is 153 cm³/mol. The smallest absolute Gasteiger partial charge is 0.416 e. The van der Waals surface area contributed by atoms with Crippen molar-refractivity contribution in [3.05, 3.63) is 124 Å². The molecule has 1 aromatic heterocycles. The summed E-state index contributed by atoms with van der Waals surface area (Å²) in [4.78, 5) is 17.6. The van der Waals surface area contributed by atoms with Crippen molar-refractivity contribution in [2.45, 2.75) is 31.7 Å². The first kappa shape index (κ1) is 32.5. The molecule has 5 aromatic rings. The van der Waals surface area contributed by atoms with E-state index < -0.39 is 58.1 Å². The van der Waals surface area contributed by atoms with Crippen LogP contribution in [0.1, 0.15) is 44.8 Å². The van der Waals surface area contributed by atoms with Crippen LogP contribution in [0.25, 0.3) is 22.3 Å². The average Bonchev–Trinajstić information content (AvgIpc) is 3.44. The summed E-state index contributed by atoms with van der Waals surface area (Å²) in [7, 11) is 0. The Morgan fingerprint density at radius 1 is 0.848 bits per heavy atom. The summed E-state index contributed by atoms with van der Waals surface area (Å²) in [6.07, 6.45) is -10.1. The van der Waals surface area contributed by atoms with Gasteiger partial charge in [0, 0.05) is 6.42 Å². The molecular formula is C32H21ClF7N3O3. The number of hydrogen-bond acceptors (Lipinski definition) is 5. The molecule has 0 aliphatic rings. The zero-order valence-corrected chi connectivity index (χ0v) is 24.2. The van der Waals surface area contributed by atoms with Crippen LogP contribution >= 0.6 is 11.6 Å². The Labute approximate surface area is 261 Å². The highest BCUT2D eigenvalue weighted by Crippen LogP contribution is 2.39. The molecule has 1 atom stereocenters. The lowest BCUT2D eigenvalue weighted by atomic mass is 9.97. The van der Waals surface area contributed by atoms with Gasteiger partial charge in [-0.15, -0.1) is 0 Å². The SMILES string of the molecule is Cc1noc([C@@H](Cc2ccc(-c3ccc(F)c(Cl)c3)cc2)NC(=O)c2cc(-c3cc(C(F)(F)F)cc(C(F)(F)F)c3)ccc2O)n1. The van der Waals surface area contributed by atoms with Gasteiger partial charge in [-0.1, -0.05) is 53.2 Å². The lowest BCUT2D eigenvalue weighted by molar-refractivity contribution is -0.143. The summed E-state index contributed by atoms with van der Waals surface area (Å²) >= 11 is 5.89. The molecule has 0 bridgehead atoms. The summed E-state index contributed by atoms with van der Waals surface area (Å²) < 4.78 is 99.5. The van der Waals surface area contributed by atoms with Gasteiger partial charge in [0.05, 0.1) is 21.7 Å². The topological polar surface area (TPSA) is 88.2 Å². The van der Waals surface area contributed by atoms with Gasteiger partial charge < -0.3 is 14.9 Å². The average molecular weight is 664 g/mol. The summed E-state index contributed by atoms with van der Waals surface area (Å²) in [5.41, 5.74) is -2.07. The molecule has 238 valence electrons. The number of nitrogens with zero attached hydrogens (tertiary/aromatic N) is 2. The highest BCUT2D eigenvalue weighted by Gasteiger charge is 2.37. The molecule has 0 fully saturated rings. The molecule has 0 radical (unpaired) electrons. The van der Waals surface area contributed by atoms with E-state index in [2.05, 4.69) is 15.5 Å². The summed E-state index contributed by atoms with van der Waals surface area (Å²) in [5.74, 6) is -1.79. The minimum absolute atomic E-state index is 0.00332. The number of benzene rings is 4. The number of hydrogen-bond donors (Lipinski definition) is 2. The van der Waals surface area contributed by atoms with Gasteiger partial charge >= 0.3 is 12.4 Å². The third-order valence-electron chi connectivity index (χ3n) is 6.96. The Hall–Kier alpha value is -4.91. The second-order valence-electron chi connectivity index (χ2n) is 10.3. The van der Waals surface area contributed by atoms with Gasteiger partial charge in [-0.3, -0.25) is 4.79 Å². The Bertz CT molecular complexity index is 1870. The van der Waals surface area contributed by atoms with Crippen LogP contribution in [-0.4, -0.2) is 21.2 Å². The van der Waals surface area contributed by atoms with E-state index >= 15 is 0 Å². The molecule has 1 heterocycles. The van der Waals surface area contributed by atoms with E-state index in [9.17, 15) is 40.6 Å². The van der Waals surface area contributed by atoms with Crippen molar-refractivity contribution < 1.29 is 45.2 Å². The van der Waals surface area contributed by atoms with E-state index in [0.717, 1.165) is 23.8 Å². The van der Waals surface area contributed by atoms with Gasteiger partial charge in [-0.25, -0.2) is 4.39 Å². The number of aryl methyl sites for hydroxylation is 1. The van der Waals surface area contributed by atoms with Gasteiger partial charge in [0.2, 0.25) is 5.89 Å². The molecule has 0 saturated heterocycles. The van der Waals surface area contributed by atoms with E-state index in [1.54, 1.807) is 37.3 Å². The number of aromatic nitrogens is 2. The predicted octanol–water partition coefficient (Wildman–Crippen LogP) is 8.96. The number of phenols is 1. The molecule has 46 heavy (non-hydrogen) atoms. The van der Waals surface area contributed by atoms with Crippen LogP contribution in [-0.2, 0) is 18.8 Å². The maximum atomic E-state index is 13.6. The molecule has 0 aliphatic carbocycles. The number of nitrogens with one attached hydrogen (secondary N) is 1. The van der Waals surface area contributed by atoms with Crippen molar-refractivity contribution in [1.82, 2.24) is 15.5 Å². The first-order valence-electron chi connectivity index (χ1n) is 13.4. The van der Waals surface area contributed by atoms with Crippen LogP contribution < -0.4 is 5.32 Å². The Morgan fingerprint density at radius 2 is 1.43 bits per heavy atom. The maximum absolute atomic E-state index is 13.6. The molecule has 0 unspecified atom stereocenters.